The van der Waals surface area contributed by atoms with E-state index < -0.39 is 0 Å². The number of H-pyrrole nitrogens is 1. The van der Waals surface area contributed by atoms with Gasteiger partial charge in [-0.2, -0.15) is 0 Å². The summed E-state index contributed by atoms with van der Waals surface area (Å²) in [6, 6.07) is 0. The average Bonchev–Trinajstić information content (AvgIpc) is 2.55. The number of aromatic nitrogens is 1. The molecule has 14 heavy (non-hydrogen) atoms. The first-order valence-corrected chi connectivity index (χ1v) is 4.61. The van der Waals surface area contributed by atoms with Crippen molar-refractivity contribution in [2.75, 3.05) is 0 Å². The molecule has 1 aliphatic carbocycles. The summed E-state index contributed by atoms with van der Waals surface area (Å²) in [4.78, 5) is 25.6. The van der Waals surface area contributed by atoms with E-state index in [-0.39, 0.29) is 11.3 Å². The summed E-state index contributed by atoms with van der Waals surface area (Å²) in [5.74, 6) is 0.0861. The lowest BCUT2D eigenvalue weighted by molar-refractivity contribution is 0.0994. The van der Waals surface area contributed by atoms with Crippen LogP contribution in [-0.2, 0) is 12.8 Å². The molecular formula is C11H11NO2. The monoisotopic (exact) mass is 189 g/mol. The van der Waals surface area contributed by atoms with Crippen LogP contribution in [0.15, 0.2) is 23.6 Å². The van der Waals surface area contributed by atoms with Crippen molar-refractivity contribution in [1.82, 2.24) is 4.98 Å². The van der Waals surface area contributed by atoms with E-state index in [1.807, 2.05) is 0 Å². The van der Waals surface area contributed by atoms with Crippen molar-refractivity contribution in [3.63, 3.8) is 0 Å². The van der Waals surface area contributed by atoms with E-state index >= 15 is 0 Å². The molecule has 0 amide bonds. The Morgan fingerprint density at radius 3 is 2.93 bits per heavy atom. The Labute approximate surface area is 81.5 Å². The second-order valence-electron chi connectivity index (χ2n) is 3.41. The minimum Gasteiger partial charge on any atom is -0.329 e. The number of pyridine rings is 1. The van der Waals surface area contributed by atoms with Crippen LogP contribution in [0.4, 0.5) is 0 Å². The molecule has 2 rings (SSSR count). The number of carbonyl (C=O) groups is 1. The molecule has 0 saturated carbocycles. The molecule has 0 unspecified atom stereocenters. The van der Waals surface area contributed by atoms with Crippen molar-refractivity contribution < 1.29 is 4.79 Å². The number of carbonyl (C=O) groups excluding carboxylic acids is 1. The fourth-order valence-electron chi connectivity index (χ4n) is 1.89. The summed E-state index contributed by atoms with van der Waals surface area (Å²) in [5.41, 5.74) is 2.04. The highest BCUT2D eigenvalue weighted by atomic mass is 16.1. The third-order valence-corrected chi connectivity index (χ3v) is 2.52. The number of aromatic amines is 1. The molecule has 0 spiro atoms. The van der Waals surface area contributed by atoms with Gasteiger partial charge in [0.1, 0.15) is 0 Å². The minimum absolute atomic E-state index is 0.0861. The van der Waals surface area contributed by atoms with Crippen LogP contribution in [0.1, 0.15) is 27.9 Å². The van der Waals surface area contributed by atoms with Crippen molar-refractivity contribution in [3.8, 4) is 0 Å². The number of rotatable bonds is 2. The fourth-order valence-corrected chi connectivity index (χ4v) is 1.89. The molecule has 0 radical (unpaired) electrons. The maximum Gasteiger partial charge on any atom is 0.251 e. The Balaban J connectivity index is 2.65. The number of ketones is 1. The number of hydrogen-bond donors (Lipinski definition) is 1. The largest absolute Gasteiger partial charge is 0.329 e. The van der Waals surface area contributed by atoms with Gasteiger partial charge in [-0.15, -0.1) is 6.58 Å². The van der Waals surface area contributed by atoms with Gasteiger partial charge in [0.2, 0.25) is 0 Å². The summed E-state index contributed by atoms with van der Waals surface area (Å²) in [5, 5.41) is 0. The van der Waals surface area contributed by atoms with Crippen LogP contribution in [0.3, 0.4) is 0 Å². The van der Waals surface area contributed by atoms with E-state index in [9.17, 15) is 9.59 Å². The first-order valence-electron chi connectivity index (χ1n) is 4.61. The van der Waals surface area contributed by atoms with E-state index in [2.05, 4.69) is 11.6 Å². The second kappa shape index (κ2) is 3.25. The predicted molar refractivity (Wildman–Crippen MR) is 53.6 cm³/mol. The van der Waals surface area contributed by atoms with E-state index in [4.69, 9.17) is 0 Å². The summed E-state index contributed by atoms with van der Waals surface area (Å²) in [7, 11) is 0. The molecule has 3 nitrogen and oxygen atoms in total. The summed E-state index contributed by atoms with van der Waals surface area (Å²) >= 11 is 0. The van der Waals surface area contributed by atoms with Gasteiger partial charge in [-0.05, 0) is 18.4 Å². The summed E-state index contributed by atoms with van der Waals surface area (Å²) < 4.78 is 0. The fraction of sp³-hybridized carbons (Fsp3) is 0.273. The zero-order valence-corrected chi connectivity index (χ0v) is 7.80. The molecule has 0 aromatic carbocycles. The Bertz CT molecular complexity index is 457. The van der Waals surface area contributed by atoms with Gasteiger partial charge in [0.15, 0.2) is 5.78 Å². The molecule has 1 aromatic heterocycles. The van der Waals surface area contributed by atoms with Gasteiger partial charge in [0, 0.05) is 23.7 Å². The third-order valence-electron chi connectivity index (χ3n) is 2.52. The topological polar surface area (TPSA) is 49.9 Å². The highest BCUT2D eigenvalue weighted by Gasteiger charge is 2.24. The van der Waals surface area contributed by atoms with E-state index in [1.165, 1.54) is 0 Å². The van der Waals surface area contributed by atoms with Crippen LogP contribution in [-0.4, -0.2) is 10.8 Å². The summed E-state index contributed by atoms with van der Waals surface area (Å²) in [6.07, 6.45) is 5.03. The van der Waals surface area contributed by atoms with E-state index in [0.29, 0.717) is 30.4 Å². The molecule has 0 bridgehead atoms. The Kier molecular flexibility index (Phi) is 2.08. The lowest BCUT2D eigenvalue weighted by Gasteiger charge is -2.03. The predicted octanol–water partition coefficient (Wildman–Crippen LogP) is 1.23. The maximum atomic E-state index is 11.5. The highest BCUT2D eigenvalue weighted by Crippen LogP contribution is 2.22. The summed E-state index contributed by atoms with van der Waals surface area (Å²) in [6.45, 7) is 3.63. The third kappa shape index (κ3) is 1.21. The van der Waals surface area contributed by atoms with Crippen LogP contribution in [0.5, 0.6) is 0 Å². The van der Waals surface area contributed by atoms with Crippen LogP contribution >= 0.6 is 0 Å². The van der Waals surface area contributed by atoms with Gasteiger partial charge in [-0.1, -0.05) is 6.08 Å². The molecule has 0 fully saturated rings. The molecule has 1 aromatic rings. The Hall–Kier alpha value is -1.64. The zero-order chi connectivity index (χ0) is 10.1. The van der Waals surface area contributed by atoms with Crippen LogP contribution in [0.25, 0.3) is 0 Å². The normalized spacial score (nSPS) is 14.1. The molecule has 3 heteroatoms. The van der Waals surface area contributed by atoms with E-state index in [1.54, 1.807) is 12.3 Å². The SMILES string of the molecule is C=CCc1c[nH]c(=O)c2c1C(=O)CC2. The smallest absolute Gasteiger partial charge is 0.251 e. The molecule has 1 heterocycles. The van der Waals surface area contributed by atoms with Crippen molar-refractivity contribution >= 4 is 5.78 Å². The van der Waals surface area contributed by atoms with Gasteiger partial charge in [-0.3, -0.25) is 9.59 Å². The Morgan fingerprint density at radius 2 is 2.21 bits per heavy atom. The molecular weight excluding hydrogens is 178 g/mol. The van der Waals surface area contributed by atoms with Crippen LogP contribution in [0.2, 0.25) is 0 Å². The second-order valence-corrected chi connectivity index (χ2v) is 3.41. The maximum absolute atomic E-state index is 11.5. The average molecular weight is 189 g/mol. The minimum atomic E-state index is -0.126. The quantitative estimate of drug-likeness (QED) is 0.711. The molecule has 0 atom stereocenters. The first kappa shape index (κ1) is 8.94. The number of nitrogens with one attached hydrogen (secondary N) is 1. The highest BCUT2D eigenvalue weighted by molar-refractivity contribution is 6.01. The lowest BCUT2D eigenvalue weighted by atomic mass is 10.0. The lowest BCUT2D eigenvalue weighted by Crippen LogP contribution is -2.14. The molecule has 0 saturated heterocycles. The molecule has 72 valence electrons. The Morgan fingerprint density at radius 1 is 1.43 bits per heavy atom. The van der Waals surface area contributed by atoms with Gasteiger partial charge < -0.3 is 4.98 Å². The van der Waals surface area contributed by atoms with Gasteiger partial charge in [0.25, 0.3) is 5.56 Å². The van der Waals surface area contributed by atoms with Gasteiger partial charge >= 0.3 is 0 Å². The number of Topliss-reactive ketones (excluding diaryl/α,β-unsaturated/α-hetero) is 1. The van der Waals surface area contributed by atoms with Crippen molar-refractivity contribution in [2.24, 2.45) is 0 Å². The molecule has 1 N–H and O–H groups in total. The van der Waals surface area contributed by atoms with Crippen LogP contribution in [0, 0.1) is 0 Å². The number of allylic oxidation sites excluding steroid dienone is 1. The van der Waals surface area contributed by atoms with Crippen LogP contribution < -0.4 is 5.56 Å². The van der Waals surface area contributed by atoms with E-state index in [0.717, 1.165) is 5.56 Å². The standard InChI is InChI=1S/C11H11NO2/c1-2-3-7-6-12-11(14)8-4-5-9(13)10(7)8/h2,6H,1,3-5H2,(H,12,14). The van der Waals surface area contributed by atoms with Gasteiger partial charge in [-0.25, -0.2) is 0 Å². The zero-order valence-electron chi connectivity index (χ0n) is 7.80. The van der Waals surface area contributed by atoms with Gasteiger partial charge in [0.05, 0.1) is 0 Å². The first-order chi connectivity index (χ1) is 6.74. The van der Waals surface area contributed by atoms with Crippen molar-refractivity contribution in [2.45, 2.75) is 19.3 Å². The van der Waals surface area contributed by atoms with Crippen molar-refractivity contribution in [1.29, 1.82) is 0 Å². The van der Waals surface area contributed by atoms with Crippen molar-refractivity contribution in [3.05, 3.63) is 45.9 Å². The molecule has 0 aliphatic heterocycles. The number of hydrogen-bond acceptors (Lipinski definition) is 2. The number of fused-ring (bicyclic) bond motifs is 1. The molecule has 1 aliphatic rings.